The number of carbonyl (C=O) groups excluding carboxylic acids is 1. The normalized spacial score (nSPS) is 23.4. The van der Waals surface area contributed by atoms with Gasteiger partial charge in [-0.25, -0.2) is 4.68 Å². The van der Waals surface area contributed by atoms with E-state index < -0.39 is 6.55 Å². The lowest BCUT2D eigenvalue weighted by atomic mass is 9.96. The number of nitrogens with zero attached hydrogens (tertiary/aromatic N) is 4. The van der Waals surface area contributed by atoms with Crippen LogP contribution in [0.25, 0.3) is 0 Å². The second-order valence-corrected chi connectivity index (χ2v) is 6.58. The number of carbonyl (C=O) groups is 1. The van der Waals surface area contributed by atoms with Crippen molar-refractivity contribution in [2.75, 3.05) is 32.7 Å². The van der Waals surface area contributed by atoms with Crippen LogP contribution < -0.4 is 0 Å². The molecule has 1 aromatic heterocycles. The smallest absolute Gasteiger partial charge is 0.333 e. The minimum Gasteiger partial charge on any atom is -0.337 e. The van der Waals surface area contributed by atoms with Gasteiger partial charge in [-0.1, -0.05) is 6.42 Å². The molecule has 0 radical (unpaired) electrons. The number of hydrogen-bond acceptors (Lipinski definition) is 3. The zero-order chi connectivity index (χ0) is 16.2. The van der Waals surface area contributed by atoms with Crippen LogP contribution in [0, 0.1) is 5.92 Å². The van der Waals surface area contributed by atoms with E-state index in [9.17, 15) is 13.6 Å². The molecule has 0 bridgehead atoms. The molecule has 2 aliphatic rings. The molecule has 1 aromatic rings. The van der Waals surface area contributed by atoms with Crippen molar-refractivity contribution in [2.24, 2.45) is 5.92 Å². The fourth-order valence-corrected chi connectivity index (χ4v) is 3.63. The molecule has 0 N–H and O–H groups in total. The summed E-state index contributed by atoms with van der Waals surface area (Å²) < 4.78 is 25.7. The van der Waals surface area contributed by atoms with Crippen molar-refractivity contribution in [3.8, 4) is 0 Å². The number of piperidine rings is 2. The van der Waals surface area contributed by atoms with Gasteiger partial charge in [0.2, 0.25) is 0 Å². The number of aromatic nitrogens is 2. The maximum Gasteiger partial charge on any atom is 0.333 e. The third-order valence-corrected chi connectivity index (χ3v) is 4.80. The van der Waals surface area contributed by atoms with Gasteiger partial charge >= 0.3 is 6.55 Å². The van der Waals surface area contributed by atoms with E-state index in [4.69, 9.17) is 0 Å². The Bertz CT molecular complexity index is 528. The van der Waals surface area contributed by atoms with Gasteiger partial charge in [-0.15, -0.1) is 0 Å². The minimum atomic E-state index is -2.70. The Hall–Kier alpha value is -1.50. The van der Waals surface area contributed by atoms with Crippen LogP contribution in [-0.4, -0.2) is 58.2 Å². The van der Waals surface area contributed by atoms with Gasteiger partial charge in [0.1, 0.15) is 0 Å². The number of likely N-dealkylation sites (tertiary alicyclic amines) is 2. The molecule has 3 rings (SSSR count). The van der Waals surface area contributed by atoms with Crippen molar-refractivity contribution < 1.29 is 13.6 Å². The van der Waals surface area contributed by atoms with E-state index in [2.05, 4.69) is 10.00 Å². The highest BCUT2D eigenvalue weighted by molar-refractivity contribution is 5.92. The number of alkyl halides is 2. The van der Waals surface area contributed by atoms with Crippen LogP contribution in [0.5, 0.6) is 0 Å². The molecule has 3 heterocycles. The second kappa shape index (κ2) is 7.38. The summed E-state index contributed by atoms with van der Waals surface area (Å²) in [6, 6.07) is 1.38. The van der Waals surface area contributed by atoms with Crippen LogP contribution in [-0.2, 0) is 0 Å². The standard InChI is InChI=1S/C16H24F2N4O/c17-16(18)22-10-6-14(19-22)15(23)21-9-4-5-13(12-21)11-20-7-2-1-3-8-20/h6,10,13,16H,1-5,7-9,11-12H2/t13-/m0/s1. The molecule has 7 heteroatoms. The van der Waals surface area contributed by atoms with Crippen molar-refractivity contribution in [2.45, 2.75) is 38.7 Å². The molecule has 0 saturated carbocycles. The van der Waals surface area contributed by atoms with Gasteiger partial charge in [0.25, 0.3) is 5.91 Å². The van der Waals surface area contributed by atoms with Crippen molar-refractivity contribution >= 4 is 5.91 Å². The molecule has 2 fully saturated rings. The SMILES string of the molecule is O=C(c1ccn(C(F)F)n1)N1CCC[C@@H](CN2CCCCC2)C1. The van der Waals surface area contributed by atoms with Crippen LogP contribution in [0.15, 0.2) is 12.3 Å². The first-order valence-corrected chi connectivity index (χ1v) is 8.48. The van der Waals surface area contributed by atoms with Crippen molar-refractivity contribution in [1.29, 1.82) is 0 Å². The van der Waals surface area contributed by atoms with Crippen LogP contribution in [0.4, 0.5) is 8.78 Å². The summed E-state index contributed by atoms with van der Waals surface area (Å²) in [6.45, 7) is 2.04. The summed E-state index contributed by atoms with van der Waals surface area (Å²) in [7, 11) is 0. The van der Waals surface area contributed by atoms with E-state index >= 15 is 0 Å². The van der Waals surface area contributed by atoms with Gasteiger partial charge in [-0.05, 0) is 50.8 Å². The van der Waals surface area contributed by atoms with Crippen LogP contribution in [0.1, 0.15) is 49.1 Å². The molecule has 0 spiro atoms. The number of rotatable bonds is 4. The quantitative estimate of drug-likeness (QED) is 0.854. The molecule has 1 amide bonds. The van der Waals surface area contributed by atoms with Gasteiger partial charge in [0.15, 0.2) is 5.69 Å². The second-order valence-electron chi connectivity index (χ2n) is 6.58. The zero-order valence-corrected chi connectivity index (χ0v) is 13.3. The molecule has 0 aromatic carbocycles. The van der Waals surface area contributed by atoms with E-state index in [1.807, 2.05) is 0 Å². The summed E-state index contributed by atoms with van der Waals surface area (Å²) in [6.07, 6.45) is 7.11. The number of hydrogen-bond donors (Lipinski definition) is 0. The van der Waals surface area contributed by atoms with Crippen molar-refractivity contribution in [3.63, 3.8) is 0 Å². The summed E-state index contributed by atoms with van der Waals surface area (Å²) in [4.78, 5) is 16.7. The average molecular weight is 326 g/mol. The van der Waals surface area contributed by atoms with Crippen LogP contribution in [0.3, 0.4) is 0 Å². The first kappa shape index (κ1) is 16.4. The topological polar surface area (TPSA) is 41.4 Å². The molecule has 0 aliphatic carbocycles. The van der Waals surface area contributed by atoms with Crippen LogP contribution in [0.2, 0.25) is 0 Å². The number of halogens is 2. The van der Waals surface area contributed by atoms with Crippen molar-refractivity contribution in [1.82, 2.24) is 19.6 Å². The highest BCUT2D eigenvalue weighted by Crippen LogP contribution is 2.21. The number of amides is 1. The Morgan fingerprint density at radius 3 is 2.70 bits per heavy atom. The first-order valence-electron chi connectivity index (χ1n) is 8.48. The Labute approximate surface area is 135 Å². The third-order valence-electron chi connectivity index (χ3n) is 4.80. The van der Waals surface area contributed by atoms with E-state index in [1.54, 1.807) is 4.90 Å². The highest BCUT2D eigenvalue weighted by Gasteiger charge is 2.27. The maximum atomic E-state index is 12.6. The Morgan fingerprint density at radius 1 is 1.22 bits per heavy atom. The zero-order valence-electron chi connectivity index (χ0n) is 13.3. The molecule has 0 unspecified atom stereocenters. The predicted octanol–water partition coefficient (Wildman–Crippen LogP) is 2.62. The molecule has 23 heavy (non-hydrogen) atoms. The molecule has 128 valence electrons. The molecular weight excluding hydrogens is 302 g/mol. The Balaban J connectivity index is 1.57. The van der Waals surface area contributed by atoms with Gasteiger partial charge in [-0.2, -0.15) is 13.9 Å². The van der Waals surface area contributed by atoms with Gasteiger partial charge in [0, 0.05) is 25.8 Å². The van der Waals surface area contributed by atoms with Gasteiger partial charge < -0.3 is 9.80 Å². The van der Waals surface area contributed by atoms with Crippen molar-refractivity contribution in [3.05, 3.63) is 18.0 Å². The molecule has 2 saturated heterocycles. The predicted molar refractivity (Wildman–Crippen MR) is 82.4 cm³/mol. The monoisotopic (exact) mass is 326 g/mol. The molecule has 5 nitrogen and oxygen atoms in total. The summed E-state index contributed by atoms with van der Waals surface area (Å²) >= 11 is 0. The lowest BCUT2D eigenvalue weighted by molar-refractivity contribution is 0.0534. The maximum absolute atomic E-state index is 12.6. The first-order chi connectivity index (χ1) is 11.1. The van der Waals surface area contributed by atoms with Gasteiger partial charge in [0.05, 0.1) is 0 Å². The summed E-state index contributed by atoms with van der Waals surface area (Å²) in [5.74, 6) is 0.246. The Morgan fingerprint density at radius 2 is 2.00 bits per heavy atom. The Kier molecular flexibility index (Phi) is 5.25. The highest BCUT2D eigenvalue weighted by atomic mass is 19.3. The van der Waals surface area contributed by atoms with E-state index in [0.29, 0.717) is 23.7 Å². The molecule has 1 atom stereocenters. The fourth-order valence-electron chi connectivity index (χ4n) is 3.63. The third kappa shape index (κ3) is 4.07. The van der Waals surface area contributed by atoms with E-state index in [-0.39, 0.29) is 11.6 Å². The largest absolute Gasteiger partial charge is 0.337 e. The molecule has 2 aliphatic heterocycles. The summed E-state index contributed by atoms with van der Waals surface area (Å²) in [5, 5.41) is 3.69. The van der Waals surface area contributed by atoms with E-state index in [0.717, 1.165) is 38.7 Å². The lowest BCUT2D eigenvalue weighted by Crippen LogP contribution is -2.44. The lowest BCUT2D eigenvalue weighted by Gasteiger charge is -2.36. The van der Waals surface area contributed by atoms with Gasteiger partial charge in [-0.3, -0.25) is 4.79 Å². The van der Waals surface area contributed by atoms with Crippen LogP contribution >= 0.6 is 0 Å². The fraction of sp³-hybridized carbons (Fsp3) is 0.750. The molecular formula is C16H24F2N4O. The van der Waals surface area contributed by atoms with E-state index in [1.165, 1.54) is 25.3 Å². The summed E-state index contributed by atoms with van der Waals surface area (Å²) in [5.41, 5.74) is 0.115. The average Bonchev–Trinajstić information content (AvgIpc) is 3.06. The minimum absolute atomic E-state index is 0.115.